The number of benzene rings is 2. The Morgan fingerprint density at radius 3 is 2.77 bits per heavy atom. The van der Waals surface area contributed by atoms with E-state index in [0.29, 0.717) is 17.1 Å². The number of carbonyl (C=O) groups excluding carboxylic acids is 2. The second kappa shape index (κ2) is 8.45. The molecule has 0 bridgehead atoms. The highest BCUT2D eigenvalue weighted by atomic mass is 35.5. The molecule has 2 aliphatic heterocycles. The summed E-state index contributed by atoms with van der Waals surface area (Å²) >= 11 is 6.01. The van der Waals surface area contributed by atoms with Crippen molar-refractivity contribution in [1.82, 2.24) is 15.4 Å². The van der Waals surface area contributed by atoms with E-state index in [1.165, 1.54) is 10.6 Å². The normalized spacial score (nSPS) is 20.4. The summed E-state index contributed by atoms with van der Waals surface area (Å²) in [5.74, 6) is -0.521. The average Bonchev–Trinajstić information content (AvgIpc) is 3.18. The number of rotatable bonds is 5. The number of fused-ring (bicyclic) bond motifs is 1. The molecule has 156 valence electrons. The van der Waals surface area contributed by atoms with Gasteiger partial charge in [-0.25, -0.2) is 10.4 Å². The summed E-state index contributed by atoms with van der Waals surface area (Å²) in [7, 11) is 0. The first-order valence-corrected chi connectivity index (χ1v) is 10.4. The van der Waals surface area contributed by atoms with Crippen molar-refractivity contribution in [2.24, 2.45) is 5.10 Å². The van der Waals surface area contributed by atoms with Crippen molar-refractivity contribution >= 4 is 35.4 Å². The lowest BCUT2D eigenvalue weighted by Gasteiger charge is -2.29. The highest BCUT2D eigenvalue weighted by Gasteiger charge is 2.41. The molecule has 30 heavy (non-hydrogen) atoms. The molecule has 2 heterocycles. The first-order valence-electron chi connectivity index (χ1n) is 9.99. The SMILES string of the molecule is CCc1ccc(C2CC3C(=O)N(CC(=O)Nc4cc(Cl)ccc4C)N=CN3N2)cc1. The zero-order chi connectivity index (χ0) is 21.3. The molecular weight excluding hydrogens is 402 g/mol. The number of nitrogens with zero attached hydrogens (tertiary/aromatic N) is 3. The minimum Gasteiger partial charge on any atom is -0.324 e. The maximum atomic E-state index is 12.9. The van der Waals surface area contributed by atoms with Crippen LogP contribution in [0.15, 0.2) is 47.6 Å². The molecule has 0 spiro atoms. The fraction of sp³-hybridized carbons (Fsp3) is 0.318. The standard InChI is InChI=1S/C22H24ClN5O2/c1-3-15-5-7-16(8-6-15)19-11-20-22(30)27(24-13-28(20)26-19)12-21(29)25-18-10-17(23)9-4-14(18)2/h4-10,13,19-20,26H,3,11-12H2,1-2H3,(H,25,29). The molecule has 0 aliphatic carbocycles. The second-order valence-corrected chi connectivity index (χ2v) is 8.01. The first-order chi connectivity index (χ1) is 14.4. The summed E-state index contributed by atoms with van der Waals surface area (Å²) in [4.78, 5) is 25.4. The zero-order valence-electron chi connectivity index (χ0n) is 16.9. The Kier molecular flexibility index (Phi) is 5.74. The van der Waals surface area contributed by atoms with E-state index < -0.39 is 0 Å². The van der Waals surface area contributed by atoms with E-state index in [2.05, 4.69) is 47.0 Å². The minimum absolute atomic E-state index is 0.0270. The number of hydrazine groups is 1. The molecule has 0 radical (unpaired) electrons. The van der Waals surface area contributed by atoms with Crippen LogP contribution >= 0.6 is 11.6 Å². The molecule has 2 amide bonds. The Morgan fingerprint density at radius 2 is 2.03 bits per heavy atom. The van der Waals surface area contributed by atoms with Gasteiger partial charge >= 0.3 is 0 Å². The maximum Gasteiger partial charge on any atom is 0.267 e. The third-order valence-corrected chi connectivity index (χ3v) is 5.75. The van der Waals surface area contributed by atoms with Gasteiger partial charge in [0, 0.05) is 10.7 Å². The predicted molar refractivity (Wildman–Crippen MR) is 117 cm³/mol. The van der Waals surface area contributed by atoms with E-state index in [4.69, 9.17) is 11.6 Å². The van der Waals surface area contributed by atoms with Crippen LogP contribution in [0.1, 0.15) is 36.1 Å². The van der Waals surface area contributed by atoms with Gasteiger partial charge in [0.15, 0.2) is 0 Å². The monoisotopic (exact) mass is 425 g/mol. The van der Waals surface area contributed by atoms with E-state index in [0.717, 1.165) is 17.5 Å². The Balaban J connectivity index is 1.40. The van der Waals surface area contributed by atoms with Crippen LogP contribution in [0.2, 0.25) is 5.02 Å². The van der Waals surface area contributed by atoms with E-state index in [9.17, 15) is 9.59 Å². The largest absolute Gasteiger partial charge is 0.324 e. The number of hydrazone groups is 1. The van der Waals surface area contributed by atoms with Gasteiger partial charge in [-0.05, 0) is 48.6 Å². The molecule has 2 atom stereocenters. The van der Waals surface area contributed by atoms with Gasteiger partial charge in [0.25, 0.3) is 5.91 Å². The van der Waals surface area contributed by atoms with E-state index in [1.54, 1.807) is 23.5 Å². The molecule has 8 heteroatoms. The Bertz CT molecular complexity index is 992. The molecule has 4 rings (SSSR count). The molecule has 2 N–H and O–H groups in total. The molecule has 2 aromatic rings. The maximum absolute atomic E-state index is 12.9. The van der Waals surface area contributed by atoms with Crippen LogP contribution in [0.3, 0.4) is 0 Å². The summed E-state index contributed by atoms with van der Waals surface area (Å²) in [6, 6.07) is 13.3. The number of carbonyl (C=O) groups is 2. The van der Waals surface area contributed by atoms with Crippen molar-refractivity contribution in [2.45, 2.75) is 38.8 Å². The molecule has 7 nitrogen and oxygen atoms in total. The van der Waals surface area contributed by atoms with Crippen molar-refractivity contribution in [3.8, 4) is 0 Å². The number of aryl methyl sites for hydroxylation is 2. The quantitative estimate of drug-likeness (QED) is 0.770. The van der Waals surface area contributed by atoms with Gasteiger partial charge < -0.3 is 5.32 Å². The summed E-state index contributed by atoms with van der Waals surface area (Å²) < 4.78 is 0. The number of nitrogens with one attached hydrogen (secondary N) is 2. The van der Waals surface area contributed by atoms with Crippen LogP contribution in [-0.2, 0) is 16.0 Å². The lowest BCUT2D eigenvalue weighted by atomic mass is 9.99. The van der Waals surface area contributed by atoms with Crippen LogP contribution in [0, 0.1) is 6.92 Å². The zero-order valence-corrected chi connectivity index (χ0v) is 17.7. The predicted octanol–water partition coefficient (Wildman–Crippen LogP) is 3.26. The summed E-state index contributed by atoms with van der Waals surface area (Å²) in [6.45, 7) is 3.85. The molecule has 2 aliphatic rings. The first kappa shape index (κ1) is 20.4. The van der Waals surface area contributed by atoms with Crippen LogP contribution in [0.4, 0.5) is 5.69 Å². The minimum atomic E-state index is -0.390. The average molecular weight is 426 g/mol. The van der Waals surface area contributed by atoms with Crippen molar-refractivity contribution in [2.75, 3.05) is 11.9 Å². The highest BCUT2D eigenvalue weighted by molar-refractivity contribution is 6.31. The van der Waals surface area contributed by atoms with Crippen molar-refractivity contribution in [3.63, 3.8) is 0 Å². The summed E-state index contributed by atoms with van der Waals surface area (Å²) in [6.07, 6.45) is 3.18. The topological polar surface area (TPSA) is 77.0 Å². The Hall–Kier alpha value is -2.90. The van der Waals surface area contributed by atoms with Gasteiger partial charge in [-0.1, -0.05) is 48.9 Å². The molecule has 2 unspecified atom stereocenters. The molecular formula is C22H24ClN5O2. The van der Waals surface area contributed by atoms with Gasteiger partial charge in [0.1, 0.15) is 18.9 Å². The van der Waals surface area contributed by atoms with Crippen molar-refractivity contribution < 1.29 is 9.59 Å². The Labute approximate surface area is 180 Å². The van der Waals surface area contributed by atoms with Gasteiger partial charge in [-0.15, -0.1) is 0 Å². The second-order valence-electron chi connectivity index (χ2n) is 7.57. The van der Waals surface area contributed by atoms with Crippen LogP contribution in [0.5, 0.6) is 0 Å². The molecule has 0 aromatic heterocycles. The number of anilines is 1. The van der Waals surface area contributed by atoms with Gasteiger partial charge in [0.05, 0.1) is 6.04 Å². The van der Waals surface area contributed by atoms with E-state index in [-0.39, 0.29) is 30.4 Å². The third kappa shape index (κ3) is 4.17. The van der Waals surface area contributed by atoms with Crippen LogP contribution < -0.4 is 10.7 Å². The summed E-state index contributed by atoms with van der Waals surface area (Å²) in [5, 5.41) is 10.5. The molecule has 1 saturated heterocycles. The fourth-order valence-corrected chi connectivity index (χ4v) is 3.88. The van der Waals surface area contributed by atoms with Gasteiger partial charge in [0.2, 0.25) is 5.91 Å². The molecule has 1 fully saturated rings. The lowest BCUT2D eigenvalue weighted by Crippen LogP contribution is -2.52. The number of hydrogen-bond donors (Lipinski definition) is 2. The van der Waals surface area contributed by atoms with Gasteiger partial charge in [-0.3, -0.25) is 14.6 Å². The van der Waals surface area contributed by atoms with Crippen LogP contribution in [-0.4, -0.2) is 40.8 Å². The van der Waals surface area contributed by atoms with Crippen molar-refractivity contribution in [1.29, 1.82) is 0 Å². The molecule has 0 saturated carbocycles. The number of halogens is 1. The number of amides is 2. The van der Waals surface area contributed by atoms with E-state index in [1.807, 2.05) is 13.0 Å². The summed E-state index contributed by atoms with van der Waals surface area (Å²) in [5.41, 5.74) is 7.25. The lowest BCUT2D eigenvalue weighted by molar-refractivity contribution is -0.139. The highest BCUT2D eigenvalue weighted by Crippen LogP contribution is 2.29. The Morgan fingerprint density at radius 1 is 1.27 bits per heavy atom. The molecule has 2 aromatic carbocycles. The van der Waals surface area contributed by atoms with Gasteiger partial charge in [-0.2, -0.15) is 5.10 Å². The fourth-order valence-electron chi connectivity index (χ4n) is 3.71. The van der Waals surface area contributed by atoms with Crippen molar-refractivity contribution in [3.05, 3.63) is 64.2 Å². The number of hydrogen-bond acceptors (Lipinski definition) is 5. The van der Waals surface area contributed by atoms with Crippen LogP contribution in [0.25, 0.3) is 0 Å². The van der Waals surface area contributed by atoms with E-state index >= 15 is 0 Å². The smallest absolute Gasteiger partial charge is 0.267 e. The third-order valence-electron chi connectivity index (χ3n) is 5.51.